The van der Waals surface area contributed by atoms with Crippen molar-refractivity contribution in [2.24, 2.45) is 0 Å². The number of rotatable bonds is 7. The number of benzene rings is 1. The number of carbonyl (C=O) groups excluding carboxylic acids is 1. The van der Waals surface area contributed by atoms with Gasteiger partial charge in [-0.2, -0.15) is 11.8 Å². The molecule has 7 heteroatoms. The number of anilines is 1. The van der Waals surface area contributed by atoms with Crippen molar-refractivity contribution in [3.05, 3.63) is 33.9 Å². The number of nitro groups is 1. The van der Waals surface area contributed by atoms with Gasteiger partial charge in [0.05, 0.1) is 4.92 Å². The van der Waals surface area contributed by atoms with Crippen LogP contribution in [0.4, 0.5) is 11.4 Å². The Kier molecular flexibility index (Phi) is 6.30. The Hall–Kier alpha value is -1.76. The molecule has 1 aromatic rings. The third-order valence-corrected chi connectivity index (χ3v) is 3.45. The first kappa shape index (κ1) is 16.3. The minimum atomic E-state index is -0.475. The summed E-state index contributed by atoms with van der Waals surface area (Å²) in [7, 11) is 0. The normalized spacial score (nSPS) is 11.8. The van der Waals surface area contributed by atoms with Gasteiger partial charge in [0, 0.05) is 30.0 Å². The molecule has 2 N–H and O–H groups in total. The van der Waals surface area contributed by atoms with Crippen molar-refractivity contribution in [2.75, 3.05) is 23.9 Å². The second-order valence-corrected chi connectivity index (χ2v) is 5.26. The predicted molar refractivity (Wildman–Crippen MR) is 82.6 cm³/mol. The van der Waals surface area contributed by atoms with Gasteiger partial charge in [0.15, 0.2) is 0 Å². The summed E-state index contributed by atoms with van der Waals surface area (Å²) in [5.41, 5.74) is 0.646. The van der Waals surface area contributed by atoms with E-state index in [1.807, 2.05) is 13.2 Å². The van der Waals surface area contributed by atoms with Crippen LogP contribution in [-0.4, -0.2) is 35.4 Å². The van der Waals surface area contributed by atoms with Gasteiger partial charge in [0.25, 0.3) is 11.6 Å². The van der Waals surface area contributed by atoms with Crippen molar-refractivity contribution in [3.63, 3.8) is 0 Å². The molecule has 0 aliphatic rings. The smallest absolute Gasteiger partial charge is 0.293 e. The molecule has 0 aliphatic carbocycles. The third kappa shape index (κ3) is 4.41. The highest BCUT2D eigenvalue weighted by Crippen LogP contribution is 2.26. The fourth-order valence-electron chi connectivity index (χ4n) is 1.77. The highest BCUT2D eigenvalue weighted by atomic mass is 32.2. The minimum absolute atomic E-state index is 0.0818. The predicted octanol–water partition coefficient (Wildman–Crippen LogP) is 2.51. The molecule has 0 heterocycles. The van der Waals surface area contributed by atoms with Crippen LogP contribution in [0, 0.1) is 10.1 Å². The molecule has 0 radical (unpaired) electrons. The van der Waals surface area contributed by atoms with Gasteiger partial charge in [-0.1, -0.05) is 0 Å². The topological polar surface area (TPSA) is 84.3 Å². The lowest BCUT2D eigenvalue weighted by atomic mass is 10.1. The molecule has 1 rings (SSSR count). The largest absolute Gasteiger partial charge is 0.376 e. The summed E-state index contributed by atoms with van der Waals surface area (Å²) in [6.45, 7) is 4.24. The first-order chi connectivity index (χ1) is 9.49. The number of nitrogens with one attached hydrogen (secondary N) is 2. The molecule has 110 valence electrons. The van der Waals surface area contributed by atoms with Gasteiger partial charge in [-0.3, -0.25) is 14.9 Å². The SMILES string of the molecule is CCNC(=O)c1ccc(NC(C)CSC)c([N+](=O)[O-])c1. The molecule has 6 nitrogen and oxygen atoms in total. The highest BCUT2D eigenvalue weighted by Gasteiger charge is 2.18. The van der Waals surface area contributed by atoms with Gasteiger partial charge < -0.3 is 10.6 Å². The number of hydrogen-bond donors (Lipinski definition) is 2. The fourth-order valence-corrected chi connectivity index (χ4v) is 2.35. The molecule has 20 heavy (non-hydrogen) atoms. The van der Waals surface area contributed by atoms with E-state index in [-0.39, 0.29) is 17.6 Å². The summed E-state index contributed by atoms with van der Waals surface area (Å²) in [6.07, 6.45) is 1.98. The molecule has 0 aliphatic heterocycles. The summed E-state index contributed by atoms with van der Waals surface area (Å²) in [5, 5.41) is 16.8. The standard InChI is InChI=1S/C13H19N3O3S/c1-4-14-13(17)10-5-6-11(12(7-10)16(18)19)15-9(2)8-20-3/h5-7,9,15H,4,8H2,1-3H3,(H,14,17). The molecule has 0 fully saturated rings. The Balaban J connectivity index is 3.02. The van der Waals surface area contributed by atoms with Crippen molar-refractivity contribution in [1.29, 1.82) is 0 Å². The summed E-state index contributed by atoms with van der Waals surface area (Å²) in [4.78, 5) is 22.3. The van der Waals surface area contributed by atoms with E-state index in [0.29, 0.717) is 17.8 Å². The number of thioether (sulfide) groups is 1. The van der Waals surface area contributed by atoms with Crippen LogP contribution in [0.2, 0.25) is 0 Å². The average Bonchev–Trinajstić information content (AvgIpc) is 2.39. The van der Waals surface area contributed by atoms with Crippen LogP contribution in [0.15, 0.2) is 18.2 Å². The van der Waals surface area contributed by atoms with E-state index < -0.39 is 4.92 Å². The van der Waals surface area contributed by atoms with E-state index in [1.165, 1.54) is 6.07 Å². The minimum Gasteiger partial charge on any atom is -0.376 e. The maximum absolute atomic E-state index is 11.7. The van der Waals surface area contributed by atoms with Gasteiger partial charge in [-0.15, -0.1) is 0 Å². The van der Waals surface area contributed by atoms with Crippen molar-refractivity contribution in [1.82, 2.24) is 5.32 Å². The van der Waals surface area contributed by atoms with Crippen LogP contribution in [0.3, 0.4) is 0 Å². The van der Waals surface area contributed by atoms with Crippen molar-refractivity contribution in [3.8, 4) is 0 Å². The Labute approximate surface area is 122 Å². The highest BCUT2D eigenvalue weighted by molar-refractivity contribution is 7.98. The molecular weight excluding hydrogens is 278 g/mol. The number of hydrogen-bond acceptors (Lipinski definition) is 5. The van der Waals surface area contributed by atoms with Crippen LogP contribution in [-0.2, 0) is 0 Å². The molecule has 0 spiro atoms. The lowest BCUT2D eigenvalue weighted by Crippen LogP contribution is -2.23. The zero-order chi connectivity index (χ0) is 15.1. The van der Waals surface area contributed by atoms with E-state index in [4.69, 9.17) is 0 Å². The number of nitro benzene ring substituents is 1. The number of nitrogens with zero attached hydrogens (tertiary/aromatic N) is 1. The lowest BCUT2D eigenvalue weighted by molar-refractivity contribution is -0.384. The monoisotopic (exact) mass is 297 g/mol. The quantitative estimate of drug-likeness (QED) is 0.596. The van der Waals surface area contributed by atoms with Crippen LogP contribution in [0.25, 0.3) is 0 Å². The van der Waals surface area contributed by atoms with Crippen LogP contribution in [0.1, 0.15) is 24.2 Å². The molecular formula is C13H19N3O3S. The fraction of sp³-hybridized carbons (Fsp3) is 0.462. The summed E-state index contributed by atoms with van der Waals surface area (Å²) < 4.78 is 0. The lowest BCUT2D eigenvalue weighted by Gasteiger charge is -2.14. The van der Waals surface area contributed by atoms with E-state index in [9.17, 15) is 14.9 Å². The Morgan fingerprint density at radius 2 is 2.20 bits per heavy atom. The van der Waals surface area contributed by atoms with Crippen LogP contribution in [0.5, 0.6) is 0 Å². The third-order valence-electron chi connectivity index (χ3n) is 2.61. The average molecular weight is 297 g/mol. The number of carbonyl (C=O) groups is 1. The molecule has 1 amide bonds. The van der Waals surface area contributed by atoms with Crippen molar-refractivity contribution < 1.29 is 9.72 Å². The number of amides is 1. The van der Waals surface area contributed by atoms with Gasteiger partial charge in [-0.05, 0) is 32.2 Å². The molecule has 1 atom stereocenters. The Morgan fingerprint density at radius 1 is 1.50 bits per heavy atom. The van der Waals surface area contributed by atoms with Crippen molar-refractivity contribution in [2.45, 2.75) is 19.9 Å². The Bertz CT molecular complexity index is 494. The second kappa shape index (κ2) is 7.74. The van der Waals surface area contributed by atoms with Gasteiger partial charge >= 0.3 is 0 Å². The molecule has 0 saturated carbocycles. The summed E-state index contributed by atoms with van der Waals surface area (Å²) >= 11 is 1.66. The zero-order valence-electron chi connectivity index (χ0n) is 11.8. The van der Waals surface area contributed by atoms with E-state index >= 15 is 0 Å². The molecule has 0 saturated heterocycles. The van der Waals surface area contributed by atoms with Gasteiger partial charge in [-0.25, -0.2) is 0 Å². The van der Waals surface area contributed by atoms with E-state index in [0.717, 1.165) is 5.75 Å². The van der Waals surface area contributed by atoms with E-state index in [2.05, 4.69) is 10.6 Å². The van der Waals surface area contributed by atoms with Crippen molar-refractivity contribution >= 4 is 29.0 Å². The maximum Gasteiger partial charge on any atom is 0.293 e. The molecule has 1 aromatic carbocycles. The first-order valence-corrected chi connectivity index (χ1v) is 7.71. The van der Waals surface area contributed by atoms with Crippen LogP contribution >= 0.6 is 11.8 Å². The van der Waals surface area contributed by atoms with Gasteiger partial charge in [0.2, 0.25) is 0 Å². The summed E-state index contributed by atoms with van der Waals surface area (Å²) in [5.74, 6) is 0.536. The van der Waals surface area contributed by atoms with Crippen LogP contribution < -0.4 is 10.6 Å². The second-order valence-electron chi connectivity index (χ2n) is 4.35. The molecule has 1 unspecified atom stereocenters. The maximum atomic E-state index is 11.7. The Morgan fingerprint density at radius 3 is 2.75 bits per heavy atom. The molecule has 0 bridgehead atoms. The first-order valence-electron chi connectivity index (χ1n) is 6.31. The van der Waals surface area contributed by atoms with E-state index in [1.54, 1.807) is 30.8 Å². The summed E-state index contributed by atoms with van der Waals surface area (Å²) in [6, 6.07) is 4.59. The zero-order valence-corrected chi connectivity index (χ0v) is 12.6. The molecule has 0 aromatic heterocycles. The van der Waals surface area contributed by atoms with Gasteiger partial charge in [0.1, 0.15) is 5.69 Å².